The molecule has 0 saturated carbocycles. The van der Waals surface area contributed by atoms with Crippen molar-refractivity contribution in [2.24, 2.45) is 0 Å². The lowest BCUT2D eigenvalue weighted by molar-refractivity contribution is 0.147. The van der Waals surface area contributed by atoms with E-state index in [1.54, 1.807) is 6.07 Å². The van der Waals surface area contributed by atoms with E-state index in [1.807, 2.05) is 0 Å². The molecule has 0 aliphatic carbocycles. The van der Waals surface area contributed by atoms with Gasteiger partial charge in [0, 0.05) is 6.08 Å². The Kier molecular flexibility index (Phi) is 3.64. The van der Waals surface area contributed by atoms with Gasteiger partial charge in [0.1, 0.15) is 5.75 Å². The molecule has 0 aromatic heterocycles. The molecule has 0 heterocycles. The number of hydrogen-bond acceptors (Lipinski definition) is 2. The number of phenolic OH excluding ortho intramolecular Hbond substituents is 1. The lowest BCUT2D eigenvalue weighted by Gasteiger charge is -2.06. The van der Waals surface area contributed by atoms with E-state index in [2.05, 4.69) is 0 Å². The Morgan fingerprint density at radius 1 is 1.47 bits per heavy atom. The van der Waals surface area contributed by atoms with Gasteiger partial charge in [0.15, 0.2) is 0 Å². The van der Waals surface area contributed by atoms with Crippen LogP contribution in [-0.4, -0.2) is 5.11 Å². The number of rotatable bonds is 2. The van der Waals surface area contributed by atoms with Crippen molar-refractivity contribution in [3.05, 3.63) is 34.4 Å². The van der Waals surface area contributed by atoms with Gasteiger partial charge in [0.05, 0.1) is 16.7 Å². The number of nitriles is 1. The van der Waals surface area contributed by atoms with Gasteiger partial charge in [-0.1, -0.05) is 11.6 Å². The maximum atomic E-state index is 12.4. The van der Waals surface area contributed by atoms with Gasteiger partial charge in [-0.3, -0.25) is 0 Å². The summed E-state index contributed by atoms with van der Waals surface area (Å²) < 4.78 is 24.8. The van der Waals surface area contributed by atoms with Crippen LogP contribution in [-0.2, 0) is 0 Å². The van der Waals surface area contributed by atoms with Gasteiger partial charge >= 0.3 is 0 Å². The minimum Gasteiger partial charge on any atom is -0.506 e. The van der Waals surface area contributed by atoms with E-state index in [-0.39, 0.29) is 5.02 Å². The third-order valence-corrected chi connectivity index (χ3v) is 1.99. The molecule has 1 N–H and O–H groups in total. The molecule has 0 aliphatic heterocycles. The molecule has 0 aliphatic rings. The fraction of sp³-hybridized carbons (Fsp3) is 0.100. The fourth-order valence-electron chi connectivity index (χ4n) is 1.04. The highest BCUT2D eigenvalue weighted by molar-refractivity contribution is 6.32. The predicted octanol–water partition coefficient (Wildman–Crippen LogP) is 3.52. The Morgan fingerprint density at radius 2 is 2.13 bits per heavy atom. The van der Waals surface area contributed by atoms with Crippen LogP contribution in [0, 0.1) is 11.3 Å². The van der Waals surface area contributed by atoms with Crippen molar-refractivity contribution in [2.75, 3.05) is 0 Å². The van der Waals surface area contributed by atoms with E-state index in [0.29, 0.717) is 5.56 Å². The summed E-state index contributed by atoms with van der Waals surface area (Å²) in [6, 6.07) is 4.11. The molecule has 2 nitrogen and oxygen atoms in total. The van der Waals surface area contributed by atoms with Gasteiger partial charge in [0.2, 0.25) is 0 Å². The van der Waals surface area contributed by atoms with Crippen molar-refractivity contribution in [2.45, 2.75) is 6.43 Å². The summed E-state index contributed by atoms with van der Waals surface area (Å²) in [5, 5.41) is 17.3. The number of hydrogen-bond donors (Lipinski definition) is 1. The van der Waals surface area contributed by atoms with Crippen molar-refractivity contribution < 1.29 is 13.9 Å². The molecule has 78 valence electrons. The Balaban J connectivity index is 3.24. The van der Waals surface area contributed by atoms with Crippen molar-refractivity contribution in [3.8, 4) is 11.8 Å². The zero-order valence-electron chi connectivity index (χ0n) is 7.42. The van der Waals surface area contributed by atoms with Crippen LogP contribution in [0.15, 0.2) is 18.2 Å². The summed E-state index contributed by atoms with van der Waals surface area (Å²) in [6.45, 7) is 0. The quantitative estimate of drug-likeness (QED) is 0.789. The summed E-state index contributed by atoms with van der Waals surface area (Å²) in [6.07, 6.45) is -0.340. The van der Waals surface area contributed by atoms with E-state index >= 15 is 0 Å². The van der Waals surface area contributed by atoms with E-state index in [4.69, 9.17) is 16.9 Å². The zero-order valence-corrected chi connectivity index (χ0v) is 8.17. The molecule has 1 rings (SSSR count). The molecule has 1 aromatic rings. The molecule has 0 saturated heterocycles. The van der Waals surface area contributed by atoms with Crippen LogP contribution in [0.4, 0.5) is 8.78 Å². The summed E-state index contributed by atoms with van der Waals surface area (Å²) in [5.74, 6) is -0.624. The van der Waals surface area contributed by atoms with Crippen LogP contribution in [0.3, 0.4) is 0 Å². The van der Waals surface area contributed by atoms with Crippen molar-refractivity contribution in [3.63, 3.8) is 0 Å². The summed E-state index contributed by atoms with van der Waals surface area (Å²) in [7, 11) is 0. The van der Waals surface area contributed by atoms with E-state index in [0.717, 1.165) is 12.1 Å². The zero-order chi connectivity index (χ0) is 11.4. The Morgan fingerprint density at radius 3 is 2.67 bits per heavy atom. The van der Waals surface area contributed by atoms with Gasteiger partial charge in [-0.25, -0.2) is 8.78 Å². The van der Waals surface area contributed by atoms with Crippen LogP contribution in [0.5, 0.6) is 5.75 Å². The normalized spacial score (nSPS) is 10.9. The largest absolute Gasteiger partial charge is 0.506 e. The molecule has 0 fully saturated rings. The molecule has 0 bridgehead atoms. The average Bonchev–Trinajstić information content (AvgIpc) is 2.19. The molecule has 0 radical (unpaired) electrons. The smallest absolute Gasteiger partial charge is 0.267 e. The van der Waals surface area contributed by atoms with Gasteiger partial charge in [-0.15, -0.1) is 0 Å². The van der Waals surface area contributed by atoms with Crippen LogP contribution in [0.25, 0.3) is 6.08 Å². The monoisotopic (exact) mass is 229 g/mol. The predicted molar refractivity (Wildman–Crippen MR) is 52.7 cm³/mol. The topological polar surface area (TPSA) is 44.0 Å². The standard InChI is InChI=1S/C10H6ClF2NO/c11-8-5-6(2-1-3-14)4-7(9(8)15)10(12)13/h1-2,4-5,10,15H/b2-1+. The number of alkyl halides is 2. The highest BCUT2D eigenvalue weighted by atomic mass is 35.5. The number of phenols is 1. The Hall–Kier alpha value is -1.60. The Labute approximate surface area is 90.0 Å². The van der Waals surface area contributed by atoms with Crippen LogP contribution in [0.1, 0.15) is 17.6 Å². The van der Waals surface area contributed by atoms with Gasteiger partial charge in [-0.05, 0) is 23.8 Å². The number of allylic oxidation sites excluding steroid dienone is 1. The van der Waals surface area contributed by atoms with E-state index in [9.17, 15) is 13.9 Å². The molecule has 0 spiro atoms. The number of nitrogens with zero attached hydrogens (tertiary/aromatic N) is 1. The maximum absolute atomic E-state index is 12.4. The summed E-state index contributed by atoms with van der Waals surface area (Å²) >= 11 is 5.54. The molecular weight excluding hydrogens is 224 g/mol. The molecular formula is C10H6ClF2NO. The lowest BCUT2D eigenvalue weighted by atomic mass is 10.1. The van der Waals surface area contributed by atoms with E-state index < -0.39 is 17.7 Å². The first kappa shape index (κ1) is 11.5. The third-order valence-electron chi connectivity index (χ3n) is 1.70. The number of benzene rings is 1. The highest BCUT2D eigenvalue weighted by Crippen LogP contribution is 2.35. The van der Waals surface area contributed by atoms with Gasteiger partial charge in [-0.2, -0.15) is 5.26 Å². The first-order valence-electron chi connectivity index (χ1n) is 3.93. The summed E-state index contributed by atoms with van der Waals surface area (Å²) in [4.78, 5) is 0. The minimum atomic E-state index is -2.81. The maximum Gasteiger partial charge on any atom is 0.267 e. The number of halogens is 3. The fourth-order valence-corrected chi connectivity index (χ4v) is 1.27. The van der Waals surface area contributed by atoms with Crippen LogP contribution in [0.2, 0.25) is 5.02 Å². The lowest BCUT2D eigenvalue weighted by Crippen LogP contribution is -1.87. The first-order chi connectivity index (χ1) is 7.06. The molecule has 0 atom stereocenters. The molecule has 0 unspecified atom stereocenters. The second-order valence-electron chi connectivity index (χ2n) is 2.70. The summed E-state index contributed by atoms with van der Waals surface area (Å²) in [5.41, 5.74) is -0.199. The van der Waals surface area contributed by atoms with Gasteiger partial charge < -0.3 is 5.11 Å². The van der Waals surface area contributed by atoms with Crippen molar-refractivity contribution in [1.82, 2.24) is 0 Å². The second kappa shape index (κ2) is 4.76. The molecule has 0 amide bonds. The SMILES string of the molecule is N#C/C=C/c1cc(Cl)c(O)c(C(F)F)c1. The molecule has 1 aromatic carbocycles. The highest BCUT2D eigenvalue weighted by Gasteiger charge is 2.15. The third kappa shape index (κ3) is 2.67. The Bertz CT molecular complexity index is 438. The second-order valence-corrected chi connectivity index (χ2v) is 3.11. The molecule has 15 heavy (non-hydrogen) atoms. The van der Waals surface area contributed by atoms with Crippen molar-refractivity contribution >= 4 is 17.7 Å². The van der Waals surface area contributed by atoms with Gasteiger partial charge in [0.25, 0.3) is 6.43 Å². The van der Waals surface area contributed by atoms with Crippen LogP contribution < -0.4 is 0 Å². The number of aromatic hydroxyl groups is 1. The van der Waals surface area contributed by atoms with Crippen molar-refractivity contribution in [1.29, 1.82) is 5.26 Å². The molecule has 5 heteroatoms. The average molecular weight is 230 g/mol. The van der Waals surface area contributed by atoms with E-state index in [1.165, 1.54) is 12.1 Å². The first-order valence-corrected chi connectivity index (χ1v) is 4.30. The minimum absolute atomic E-state index is 0.162. The van der Waals surface area contributed by atoms with Crippen LogP contribution >= 0.6 is 11.6 Å².